The molecular weight excluding hydrogens is 246 g/mol. The lowest BCUT2D eigenvalue weighted by molar-refractivity contribution is -0.135. The molecule has 0 aliphatic carbocycles. The quantitative estimate of drug-likeness (QED) is 0.884. The van der Waals surface area contributed by atoms with Gasteiger partial charge in [-0.3, -0.25) is 9.69 Å². The van der Waals surface area contributed by atoms with E-state index in [0.29, 0.717) is 0 Å². The summed E-state index contributed by atoms with van der Waals surface area (Å²) in [5.74, 6) is 0.190. The molecule has 1 aliphatic heterocycles. The van der Waals surface area contributed by atoms with Crippen molar-refractivity contribution in [1.29, 1.82) is 0 Å². The van der Waals surface area contributed by atoms with Crippen LogP contribution in [0.15, 0.2) is 12.1 Å². The monoisotopic (exact) mass is 267 g/mol. The zero-order chi connectivity index (χ0) is 13.1. The Morgan fingerprint density at radius 2 is 2.33 bits per heavy atom. The van der Waals surface area contributed by atoms with Gasteiger partial charge in [0.2, 0.25) is 5.91 Å². The topological polar surface area (TPSA) is 35.6 Å². The van der Waals surface area contributed by atoms with Gasteiger partial charge in [0.25, 0.3) is 0 Å². The maximum absolute atomic E-state index is 12.2. The highest BCUT2D eigenvalue weighted by Gasteiger charge is 2.29. The molecule has 1 atom stereocenters. The van der Waals surface area contributed by atoms with Crippen molar-refractivity contribution in [3.63, 3.8) is 0 Å². The molecule has 1 aromatic rings. The minimum atomic E-state index is -0.0313. The summed E-state index contributed by atoms with van der Waals surface area (Å²) in [7, 11) is 3.65. The summed E-state index contributed by atoms with van der Waals surface area (Å²) in [5.41, 5.74) is 0. The van der Waals surface area contributed by atoms with Crippen molar-refractivity contribution >= 4 is 17.2 Å². The average Bonchev–Trinajstić information content (AvgIpc) is 2.74. The van der Waals surface area contributed by atoms with Crippen LogP contribution in [0.25, 0.3) is 0 Å². The van der Waals surface area contributed by atoms with Crippen LogP contribution in [0.4, 0.5) is 0 Å². The van der Waals surface area contributed by atoms with Crippen molar-refractivity contribution in [1.82, 2.24) is 15.1 Å². The predicted molar refractivity (Wildman–Crippen MR) is 74.8 cm³/mol. The van der Waals surface area contributed by atoms with E-state index in [1.165, 1.54) is 9.75 Å². The lowest BCUT2D eigenvalue weighted by Crippen LogP contribution is -2.57. The van der Waals surface area contributed by atoms with Crippen molar-refractivity contribution < 1.29 is 4.79 Å². The van der Waals surface area contributed by atoms with Crippen LogP contribution in [-0.4, -0.2) is 55.5 Å². The highest BCUT2D eigenvalue weighted by atomic mass is 32.1. The van der Waals surface area contributed by atoms with E-state index in [1.54, 1.807) is 4.90 Å². The fourth-order valence-electron chi connectivity index (χ4n) is 2.25. The number of carbonyl (C=O) groups is 1. The number of thiophene rings is 1. The summed E-state index contributed by atoms with van der Waals surface area (Å²) >= 11 is 1.82. The van der Waals surface area contributed by atoms with Crippen molar-refractivity contribution in [3.05, 3.63) is 21.9 Å². The zero-order valence-electron chi connectivity index (χ0n) is 11.3. The van der Waals surface area contributed by atoms with Gasteiger partial charge in [-0.2, -0.15) is 0 Å². The number of carbonyl (C=O) groups excluding carboxylic acids is 1. The average molecular weight is 267 g/mol. The van der Waals surface area contributed by atoms with Gasteiger partial charge in [-0.15, -0.1) is 11.3 Å². The third-order valence-electron chi connectivity index (χ3n) is 3.24. The van der Waals surface area contributed by atoms with Crippen LogP contribution in [0, 0.1) is 6.92 Å². The van der Waals surface area contributed by atoms with E-state index < -0.39 is 0 Å². The Morgan fingerprint density at radius 3 is 2.94 bits per heavy atom. The summed E-state index contributed by atoms with van der Waals surface area (Å²) in [5, 5.41) is 3.31. The molecule has 0 aromatic carbocycles. The third kappa shape index (κ3) is 3.10. The van der Waals surface area contributed by atoms with Crippen LogP contribution in [0.2, 0.25) is 0 Å². The number of piperazine rings is 1. The van der Waals surface area contributed by atoms with Crippen LogP contribution < -0.4 is 5.32 Å². The second-order valence-electron chi connectivity index (χ2n) is 4.94. The molecule has 1 aromatic heterocycles. The van der Waals surface area contributed by atoms with E-state index in [4.69, 9.17) is 0 Å². The second-order valence-corrected chi connectivity index (χ2v) is 6.31. The fraction of sp³-hybridized carbons (Fsp3) is 0.615. The number of hydrogen-bond acceptors (Lipinski definition) is 4. The number of amides is 1. The first-order valence-electron chi connectivity index (χ1n) is 6.29. The van der Waals surface area contributed by atoms with Gasteiger partial charge in [0.15, 0.2) is 0 Å². The molecule has 0 spiro atoms. The van der Waals surface area contributed by atoms with Crippen LogP contribution in [0.5, 0.6) is 0 Å². The molecule has 1 aliphatic rings. The Hall–Kier alpha value is -0.910. The first kappa shape index (κ1) is 13.5. The largest absolute Gasteiger partial charge is 0.347 e. The van der Waals surface area contributed by atoms with Crippen LogP contribution in [-0.2, 0) is 11.3 Å². The van der Waals surface area contributed by atoms with Crippen molar-refractivity contribution in [3.8, 4) is 0 Å². The molecule has 18 heavy (non-hydrogen) atoms. The molecule has 1 amide bonds. The van der Waals surface area contributed by atoms with Crippen molar-refractivity contribution in [2.45, 2.75) is 19.5 Å². The van der Waals surface area contributed by atoms with E-state index in [0.717, 1.165) is 26.2 Å². The molecule has 2 rings (SSSR count). The number of nitrogens with one attached hydrogen (secondary N) is 1. The minimum Gasteiger partial charge on any atom is -0.347 e. The smallest absolute Gasteiger partial charge is 0.240 e. The summed E-state index contributed by atoms with van der Waals surface area (Å²) in [4.78, 5) is 18.8. The van der Waals surface area contributed by atoms with E-state index in [2.05, 4.69) is 29.3 Å². The Kier molecular flexibility index (Phi) is 4.37. The molecule has 1 fully saturated rings. The van der Waals surface area contributed by atoms with E-state index in [1.807, 2.05) is 25.4 Å². The highest BCUT2D eigenvalue weighted by Crippen LogP contribution is 2.19. The standard InChI is InChI=1S/C13H21N3OS/c1-10-4-5-11(18-10)9-16-7-6-14-8-12(16)13(17)15(2)3/h4-5,12,14H,6-9H2,1-3H3. The van der Waals surface area contributed by atoms with Gasteiger partial charge >= 0.3 is 0 Å². The Morgan fingerprint density at radius 1 is 1.56 bits per heavy atom. The van der Waals surface area contributed by atoms with Gasteiger partial charge in [0.1, 0.15) is 6.04 Å². The number of likely N-dealkylation sites (N-methyl/N-ethyl adjacent to an activating group) is 1. The summed E-state index contributed by atoms with van der Waals surface area (Å²) in [6.45, 7) is 5.64. The molecule has 100 valence electrons. The molecule has 1 unspecified atom stereocenters. The van der Waals surface area contributed by atoms with E-state index in [-0.39, 0.29) is 11.9 Å². The van der Waals surface area contributed by atoms with Gasteiger partial charge in [-0.05, 0) is 19.1 Å². The van der Waals surface area contributed by atoms with Crippen LogP contribution in [0.3, 0.4) is 0 Å². The number of rotatable bonds is 3. The molecule has 0 bridgehead atoms. The maximum atomic E-state index is 12.2. The normalized spacial score (nSPS) is 20.9. The first-order chi connectivity index (χ1) is 8.58. The highest BCUT2D eigenvalue weighted by molar-refractivity contribution is 7.11. The molecule has 1 N–H and O–H groups in total. The summed E-state index contributed by atoms with van der Waals surface area (Å²) in [6.07, 6.45) is 0. The van der Waals surface area contributed by atoms with Crippen molar-refractivity contribution in [2.75, 3.05) is 33.7 Å². The van der Waals surface area contributed by atoms with Crippen LogP contribution >= 0.6 is 11.3 Å². The summed E-state index contributed by atoms with van der Waals surface area (Å²) < 4.78 is 0. The molecule has 0 saturated carbocycles. The SMILES string of the molecule is Cc1ccc(CN2CCNCC2C(=O)N(C)C)s1. The molecule has 0 radical (unpaired) electrons. The van der Waals surface area contributed by atoms with Gasteiger partial charge in [-0.25, -0.2) is 0 Å². The molecule has 5 heteroatoms. The Labute approximate surface area is 113 Å². The summed E-state index contributed by atoms with van der Waals surface area (Å²) in [6, 6.07) is 4.28. The van der Waals surface area contributed by atoms with Crippen LogP contribution in [0.1, 0.15) is 9.75 Å². The molecule has 2 heterocycles. The fourth-order valence-corrected chi connectivity index (χ4v) is 3.16. The Balaban J connectivity index is 2.06. The number of aryl methyl sites for hydroxylation is 1. The predicted octanol–water partition coefficient (Wildman–Crippen LogP) is 0.919. The maximum Gasteiger partial charge on any atom is 0.240 e. The molecule has 1 saturated heterocycles. The second kappa shape index (κ2) is 5.82. The molecule has 4 nitrogen and oxygen atoms in total. The number of hydrogen-bond donors (Lipinski definition) is 1. The Bertz CT molecular complexity index is 416. The van der Waals surface area contributed by atoms with Gasteiger partial charge < -0.3 is 10.2 Å². The molecular formula is C13H21N3OS. The lowest BCUT2D eigenvalue weighted by atomic mass is 10.1. The van der Waals surface area contributed by atoms with Gasteiger partial charge in [0, 0.05) is 50.0 Å². The first-order valence-corrected chi connectivity index (χ1v) is 7.11. The van der Waals surface area contributed by atoms with Gasteiger partial charge in [-0.1, -0.05) is 0 Å². The zero-order valence-corrected chi connectivity index (χ0v) is 12.1. The van der Waals surface area contributed by atoms with Crippen molar-refractivity contribution in [2.24, 2.45) is 0 Å². The van der Waals surface area contributed by atoms with Gasteiger partial charge in [0.05, 0.1) is 0 Å². The third-order valence-corrected chi connectivity index (χ3v) is 4.22. The van der Waals surface area contributed by atoms with E-state index >= 15 is 0 Å². The lowest BCUT2D eigenvalue weighted by Gasteiger charge is -2.36. The number of nitrogens with zero attached hydrogens (tertiary/aromatic N) is 2. The van der Waals surface area contributed by atoms with E-state index in [9.17, 15) is 4.79 Å². The minimum absolute atomic E-state index is 0.0313.